The maximum Gasteiger partial charge on any atom is 0.235 e. The molecule has 4 heteroatoms. The fourth-order valence-electron chi connectivity index (χ4n) is 8.93. The zero-order chi connectivity index (χ0) is 33.9. The normalized spacial score (nSPS) is 12.2. The summed E-state index contributed by atoms with van der Waals surface area (Å²) in [5, 5.41) is 8.22. The van der Waals surface area contributed by atoms with Crippen LogP contribution in [0.4, 0.5) is 0 Å². The third-order valence-electron chi connectivity index (χ3n) is 11.1. The highest BCUT2D eigenvalue weighted by molar-refractivity contribution is 6.28. The molecular weight excluding hydrogens is 633 g/mol. The molecule has 0 bridgehead atoms. The van der Waals surface area contributed by atoms with Gasteiger partial charge in [0.2, 0.25) is 5.95 Å². The van der Waals surface area contributed by atoms with Crippen molar-refractivity contribution in [3.05, 3.63) is 170 Å². The summed E-state index contributed by atoms with van der Waals surface area (Å²) < 4.78 is 4.79. The zero-order valence-corrected chi connectivity index (χ0v) is 28.0. The van der Waals surface area contributed by atoms with Gasteiger partial charge in [0, 0.05) is 43.6 Å². The molecule has 1 aliphatic rings. The van der Waals surface area contributed by atoms with Crippen molar-refractivity contribution < 1.29 is 0 Å². The highest BCUT2D eigenvalue weighted by atomic mass is 15.2. The average Bonchev–Trinajstić information content (AvgIpc) is 3.67. The number of fused-ring (bicyclic) bond motifs is 14. The minimum atomic E-state index is 0.660. The van der Waals surface area contributed by atoms with E-state index < -0.39 is 0 Å². The Morgan fingerprint density at radius 1 is 0.385 bits per heavy atom. The topological polar surface area (TPSA) is 35.6 Å². The summed E-state index contributed by atoms with van der Waals surface area (Å²) in [6, 6.07) is 61.1. The van der Waals surface area contributed by atoms with Gasteiger partial charge in [0.25, 0.3) is 0 Å². The first kappa shape index (κ1) is 27.7. The van der Waals surface area contributed by atoms with Crippen LogP contribution in [0.2, 0.25) is 0 Å². The SMILES string of the molecule is c1ccc2c(c1)-c1ccccc1-n1c3ccccc3c3cc4c(c-2c31)c1ccccc1n4-c1nc(-c2cccc3ccccc23)c2ccccc2n1. The Labute approximate surface area is 298 Å². The predicted molar refractivity (Wildman–Crippen MR) is 216 cm³/mol. The molecule has 0 aliphatic carbocycles. The van der Waals surface area contributed by atoms with Crippen molar-refractivity contribution in [2.75, 3.05) is 0 Å². The smallest absolute Gasteiger partial charge is 0.235 e. The van der Waals surface area contributed by atoms with Crippen molar-refractivity contribution in [1.82, 2.24) is 19.1 Å². The van der Waals surface area contributed by atoms with Gasteiger partial charge in [-0.25, -0.2) is 9.97 Å². The van der Waals surface area contributed by atoms with Crippen LogP contribution in [0.25, 0.3) is 110 Å². The van der Waals surface area contributed by atoms with Gasteiger partial charge in [0.05, 0.1) is 39.0 Å². The quantitative estimate of drug-likeness (QED) is 0.185. The van der Waals surface area contributed by atoms with Gasteiger partial charge >= 0.3 is 0 Å². The van der Waals surface area contributed by atoms with Crippen LogP contribution in [0.3, 0.4) is 0 Å². The standard InChI is InChI=1S/C48H28N4/c1-2-16-30-29(14-1)15-13-23-35(30)46-36-21-5-9-24-39(36)49-48(50-46)52-42-27-12-8-22-37(42)44-43(52)28-38-33-19-7-11-26-41(33)51-40-25-10-6-18-32(40)31-17-3-4-20-34(31)45(44)47(38)51/h1-28H. The number of hydrogen-bond donors (Lipinski definition) is 0. The summed E-state index contributed by atoms with van der Waals surface area (Å²) in [4.78, 5) is 10.9. The van der Waals surface area contributed by atoms with Gasteiger partial charge in [-0.05, 0) is 52.2 Å². The lowest BCUT2D eigenvalue weighted by molar-refractivity contribution is 1.01. The molecular formula is C48H28N4. The molecule has 52 heavy (non-hydrogen) atoms. The Hall–Kier alpha value is -7.04. The first-order valence-corrected chi connectivity index (χ1v) is 17.8. The van der Waals surface area contributed by atoms with Crippen molar-refractivity contribution in [1.29, 1.82) is 0 Å². The molecule has 0 N–H and O–H groups in total. The predicted octanol–water partition coefficient (Wildman–Crippen LogP) is 12.3. The summed E-state index contributed by atoms with van der Waals surface area (Å²) in [6.07, 6.45) is 0. The molecule has 12 rings (SSSR count). The van der Waals surface area contributed by atoms with Crippen LogP contribution < -0.4 is 0 Å². The molecule has 0 saturated carbocycles. The Balaban J connectivity index is 1.29. The highest BCUT2D eigenvalue weighted by Gasteiger charge is 2.29. The molecule has 0 saturated heterocycles. The summed E-state index contributed by atoms with van der Waals surface area (Å²) >= 11 is 0. The van der Waals surface area contributed by atoms with Crippen LogP contribution >= 0.6 is 0 Å². The molecule has 0 unspecified atom stereocenters. The molecule has 11 aromatic rings. The second-order valence-electron chi connectivity index (χ2n) is 13.7. The summed E-state index contributed by atoms with van der Waals surface area (Å²) in [5.74, 6) is 0.660. The first-order chi connectivity index (χ1) is 25.8. The van der Waals surface area contributed by atoms with E-state index in [4.69, 9.17) is 9.97 Å². The van der Waals surface area contributed by atoms with Crippen LogP contribution in [0.5, 0.6) is 0 Å². The van der Waals surface area contributed by atoms with Gasteiger partial charge in [-0.3, -0.25) is 4.57 Å². The monoisotopic (exact) mass is 660 g/mol. The van der Waals surface area contributed by atoms with E-state index in [9.17, 15) is 0 Å². The zero-order valence-electron chi connectivity index (χ0n) is 28.0. The third kappa shape index (κ3) is 3.60. The molecule has 4 heterocycles. The Morgan fingerprint density at radius 2 is 1.00 bits per heavy atom. The van der Waals surface area contributed by atoms with Crippen LogP contribution in [-0.2, 0) is 0 Å². The number of hydrogen-bond acceptors (Lipinski definition) is 2. The maximum atomic E-state index is 5.52. The molecule has 0 spiro atoms. The highest BCUT2D eigenvalue weighted by Crippen LogP contribution is 2.51. The fourth-order valence-corrected chi connectivity index (χ4v) is 8.93. The van der Waals surface area contributed by atoms with Gasteiger partial charge in [-0.15, -0.1) is 0 Å². The summed E-state index contributed by atoms with van der Waals surface area (Å²) in [6.45, 7) is 0. The summed E-state index contributed by atoms with van der Waals surface area (Å²) in [5.41, 5.74) is 13.7. The number of aromatic nitrogens is 4. The van der Waals surface area contributed by atoms with E-state index in [0.717, 1.165) is 33.2 Å². The van der Waals surface area contributed by atoms with E-state index in [1.807, 2.05) is 0 Å². The lowest BCUT2D eigenvalue weighted by Crippen LogP contribution is -2.03. The van der Waals surface area contributed by atoms with E-state index in [0.29, 0.717) is 5.95 Å². The van der Waals surface area contributed by atoms with Crippen LogP contribution in [0.15, 0.2) is 170 Å². The van der Waals surface area contributed by atoms with Crippen molar-refractivity contribution in [3.63, 3.8) is 0 Å². The van der Waals surface area contributed by atoms with Crippen molar-refractivity contribution in [3.8, 4) is 45.1 Å². The molecule has 240 valence electrons. The Kier molecular flexibility index (Phi) is 5.47. The minimum absolute atomic E-state index is 0.660. The average molecular weight is 661 g/mol. The van der Waals surface area contributed by atoms with E-state index in [2.05, 4.69) is 179 Å². The molecule has 1 aliphatic heterocycles. The Bertz CT molecular complexity index is 3300. The van der Waals surface area contributed by atoms with E-state index in [1.54, 1.807) is 0 Å². The van der Waals surface area contributed by atoms with E-state index >= 15 is 0 Å². The molecule has 0 atom stereocenters. The van der Waals surface area contributed by atoms with Gasteiger partial charge in [-0.1, -0.05) is 140 Å². The molecule has 0 fully saturated rings. The van der Waals surface area contributed by atoms with Gasteiger partial charge in [0.15, 0.2) is 0 Å². The lowest BCUT2D eigenvalue weighted by atomic mass is 9.91. The van der Waals surface area contributed by atoms with E-state index in [-0.39, 0.29) is 0 Å². The number of para-hydroxylation sites is 4. The van der Waals surface area contributed by atoms with Gasteiger partial charge in [0.1, 0.15) is 0 Å². The van der Waals surface area contributed by atoms with Crippen LogP contribution in [-0.4, -0.2) is 19.1 Å². The Morgan fingerprint density at radius 3 is 1.87 bits per heavy atom. The maximum absolute atomic E-state index is 5.52. The van der Waals surface area contributed by atoms with Crippen molar-refractivity contribution in [2.45, 2.75) is 0 Å². The number of nitrogens with zero attached hydrogens (tertiary/aromatic N) is 4. The van der Waals surface area contributed by atoms with Crippen LogP contribution in [0.1, 0.15) is 0 Å². The molecule has 0 amide bonds. The van der Waals surface area contributed by atoms with E-state index in [1.165, 1.54) is 71.3 Å². The second-order valence-corrected chi connectivity index (χ2v) is 13.7. The van der Waals surface area contributed by atoms with Gasteiger partial charge < -0.3 is 4.57 Å². The largest absolute Gasteiger partial charge is 0.308 e. The fraction of sp³-hybridized carbons (Fsp3) is 0. The number of rotatable bonds is 2. The molecule has 4 nitrogen and oxygen atoms in total. The second kappa shape index (κ2) is 10.3. The summed E-state index contributed by atoms with van der Waals surface area (Å²) in [7, 11) is 0. The molecule has 0 radical (unpaired) electrons. The van der Waals surface area contributed by atoms with Crippen molar-refractivity contribution in [2.24, 2.45) is 0 Å². The molecule has 8 aromatic carbocycles. The van der Waals surface area contributed by atoms with Crippen molar-refractivity contribution >= 4 is 65.3 Å². The lowest BCUT2D eigenvalue weighted by Gasteiger charge is -2.14. The molecule has 3 aromatic heterocycles. The minimum Gasteiger partial charge on any atom is -0.308 e. The number of benzene rings is 8. The van der Waals surface area contributed by atoms with Gasteiger partial charge in [-0.2, -0.15) is 0 Å². The van der Waals surface area contributed by atoms with Crippen LogP contribution in [0, 0.1) is 0 Å². The first-order valence-electron chi connectivity index (χ1n) is 17.8. The third-order valence-corrected chi connectivity index (χ3v) is 11.1.